The number of aromatic nitrogens is 1. The van der Waals surface area contributed by atoms with Gasteiger partial charge < -0.3 is 20.1 Å². The van der Waals surface area contributed by atoms with Gasteiger partial charge in [-0.05, 0) is 17.7 Å². The number of ether oxygens (including phenoxy) is 2. The highest BCUT2D eigenvalue weighted by atomic mass is 32.1. The number of nitrogens with two attached hydrogens (primary N) is 1. The molecule has 9 nitrogen and oxygen atoms in total. The maximum atomic E-state index is 12.4. The van der Waals surface area contributed by atoms with E-state index in [-0.39, 0.29) is 11.0 Å². The molecule has 2 aliphatic rings. The van der Waals surface area contributed by atoms with E-state index in [0.717, 1.165) is 48.0 Å². The van der Waals surface area contributed by atoms with E-state index in [0.29, 0.717) is 31.3 Å². The molecule has 0 aliphatic carbocycles. The minimum atomic E-state index is -0.599. The Morgan fingerprint density at radius 1 is 1.14 bits per heavy atom. The molecule has 28 heavy (non-hydrogen) atoms. The van der Waals surface area contributed by atoms with E-state index in [1.807, 2.05) is 18.2 Å². The van der Waals surface area contributed by atoms with Gasteiger partial charge in [0.1, 0.15) is 18.2 Å². The van der Waals surface area contributed by atoms with Gasteiger partial charge in [0, 0.05) is 32.7 Å². The average molecular weight is 403 g/mol. The second-order valence-corrected chi connectivity index (χ2v) is 7.60. The Labute approximate surface area is 166 Å². The Hall–Kier alpha value is -2.85. The lowest BCUT2D eigenvalue weighted by Crippen LogP contribution is -2.49. The molecule has 1 aromatic carbocycles. The van der Waals surface area contributed by atoms with Gasteiger partial charge in [0.05, 0.1) is 6.20 Å². The van der Waals surface area contributed by atoms with Crippen LogP contribution in [0.15, 0.2) is 24.4 Å². The molecule has 3 amide bonds. The molecule has 0 spiro atoms. The summed E-state index contributed by atoms with van der Waals surface area (Å²) in [6.07, 6.45) is 1.45. The summed E-state index contributed by atoms with van der Waals surface area (Å²) in [7, 11) is 0. The minimum absolute atomic E-state index is 0.180. The van der Waals surface area contributed by atoms with Crippen molar-refractivity contribution >= 4 is 28.3 Å². The third kappa shape index (κ3) is 4.18. The molecule has 0 atom stereocenters. The van der Waals surface area contributed by atoms with Crippen molar-refractivity contribution in [1.29, 1.82) is 0 Å². The smallest absolute Gasteiger partial charge is 0.322 e. The number of carbonyl (C=O) groups is 2. The number of primary amides is 1. The van der Waals surface area contributed by atoms with Gasteiger partial charge in [0.15, 0.2) is 16.5 Å². The van der Waals surface area contributed by atoms with Crippen molar-refractivity contribution in [1.82, 2.24) is 14.8 Å². The highest BCUT2D eigenvalue weighted by molar-refractivity contribution is 7.17. The first kappa shape index (κ1) is 18.5. The number of rotatable bonds is 4. The predicted molar refractivity (Wildman–Crippen MR) is 104 cm³/mol. The molecule has 1 aromatic heterocycles. The van der Waals surface area contributed by atoms with Gasteiger partial charge in [0.25, 0.3) is 5.91 Å². The van der Waals surface area contributed by atoms with Gasteiger partial charge in [0.2, 0.25) is 0 Å². The first-order valence-electron chi connectivity index (χ1n) is 9.01. The summed E-state index contributed by atoms with van der Waals surface area (Å²) >= 11 is 1.07. The van der Waals surface area contributed by atoms with Crippen LogP contribution in [0.2, 0.25) is 0 Å². The van der Waals surface area contributed by atoms with Crippen molar-refractivity contribution in [2.24, 2.45) is 5.73 Å². The van der Waals surface area contributed by atoms with Gasteiger partial charge in [-0.1, -0.05) is 17.4 Å². The Kier molecular flexibility index (Phi) is 5.31. The lowest BCUT2D eigenvalue weighted by atomic mass is 10.1. The zero-order valence-electron chi connectivity index (χ0n) is 15.2. The Morgan fingerprint density at radius 3 is 2.61 bits per heavy atom. The van der Waals surface area contributed by atoms with Crippen LogP contribution in [-0.2, 0) is 6.54 Å². The van der Waals surface area contributed by atoms with Crippen molar-refractivity contribution in [2.45, 2.75) is 6.54 Å². The molecule has 4 rings (SSSR count). The summed E-state index contributed by atoms with van der Waals surface area (Å²) in [6.45, 7) is 4.75. The van der Waals surface area contributed by atoms with E-state index < -0.39 is 5.91 Å². The van der Waals surface area contributed by atoms with E-state index in [9.17, 15) is 9.59 Å². The van der Waals surface area contributed by atoms with Crippen LogP contribution < -0.4 is 20.5 Å². The molecule has 1 saturated heterocycles. The topological polar surface area (TPSA) is 110 Å². The zero-order chi connectivity index (χ0) is 19.5. The molecule has 148 valence electrons. The summed E-state index contributed by atoms with van der Waals surface area (Å²) in [6, 6.07) is 5.82. The fourth-order valence-electron chi connectivity index (χ4n) is 3.18. The van der Waals surface area contributed by atoms with Gasteiger partial charge in [-0.25, -0.2) is 9.78 Å². The third-order valence-corrected chi connectivity index (χ3v) is 5.55. The number of nitrogens with one attached hydrogen (secondary N) is 1. The number of hydrogen-bond donors (Lipinski definition) is 2. The second-order valence-electron chi connectivity index (χ2n) is 6.57. The van der Waals surface area contributed by atoms with Crippen molar-refractivity contribution in [3.63, 3.8) is 0 Å². The van der Waals surface area contributed by atoms with E-state index >= 15 is 0 Å². The SMILES string of the molecule is NC(=O)c1ncc(NC(=O)N2CCN(Cc3ccc4c(c3)OCCO4)CC2)s1. The van der Waals surface area contributed by atoms with Crippen LogP contribution in [0.1, 0.15) is 15.4 Å². The number of carbonyl (C=O) groups excluding carboxylic acids is 2. The number of anilines is 1. The molecule has 0 bridgehead atoms. The van der Waals surface area contributed by atoms with Crippen LogP contribution in [0.25, 0.3) is 0 Å². The molecular weight excluding hydrogens is 382 g/mol. The molecule has 0 saturated carbocycles. The highest BCUT2D eigenvalue weighted by Crippen LogP contribution is 2.31. The molecule has 0 radical (unpaired) electrons. The van der Waals surface area contributed by atoms with Gasteiger partial charge in [-0.2, -0.15) is 0 Å². The molecule has 1 fully saturated rings. The Morgan fingerprint density at radius 2 is 1.89 bits per heavy atom. The average Bonchev–Trinajstić information content (AvgIpc) is 3.17. The van der Waals surface area contributed by atoms with Crippen molar-refractivity contribution in [3.05, 3.63) is 35.0 Å². The summed E-state index contributed by atoms with van der Waals surface area (Å²) < 4.78 is 11.2. The van der Waals surface area contributed by atoms with Crippen LogP contribution in [0.4, 0.5) is 9.80 Å². The quantitative estimate of drug-likeness (QED) is 0.798. The number of fused-ring (bicyclic) bond motifs is 1. The van der Waals surface area contributed by atoms with E-state index in [4.69, 9.17) is 15.2 Å². The van der Waals surface area contributed by atoms with Gasteiger partial charge >= 0.3 is 6.03 Å². The van der Waals surface area contributed by atoms with E-state index in [2.05, 4.69) is 15.2 Å². The van der Waals surface area contributed by atoms with Crippen LogP contribution >= 0.6 is 11.3 Å². The highest BCUT2D eigenvalue weighted by Gasteiger charge is 2.22. The molecule has 10 heteroatoms. The number of thiazole rings is 1. The van der Waals surface area contributed by atoms with Crippen LogP contribution in [0, 0.1) is 0 Å². The van der Waals surface area contributed by atoms with Crippen LogP contribution in [-0.4, -0.2) is 66.1 Å². The first-order valence-corrected chi connectivity index (χ1v) is 9.82. The second kappa shape index (κ2) is 8.03. The lowest BCUT2D eigenvalue weighted by molar-refractivity contribution is 0.1000. The monoisotopic (exact) mass is 403 g/mol. The number of benzene rings is 1. The predicted octanol–water partition coefficient (Wildman–Crippen LogP) is 1.36. The molecule has 3 heterocycles. The molecule has 0 unspecified atom stereocenters. The fraction of sp³-hybridized carbons (Fsp3) is 0.389. The first-order chi connectivity index (χ1) is 13.6. The number of piperazine rings is 1. The standard InChI is InChI=1S/C18H21N5O4S/c19-16(24)17-20-10-15(28-17)21-18(25)23-5-3-22(4-6-23)11-12-1-2-13-14(9-12)27-8-7-26-13/h1-2,9-10H,3-8,11H2,(H2,19,24)(H,21,25). The van der Waals surface area contributed by atoms with Gasteiger partial charge in [-0.3, -0.25) is 15.0 Å². The van der Waals surface area contributed by atoms with E-state index in [1.165, 1.54) is 6.20 Å². The van der Waals surface area contributed by atoms with Crippen LogP contribution in [0.5, 0.6) is 11.5 Å². The zero-order valence-corrected chi connectivity index (χ0v) is 16.0. The minimum Gasteiger partial charge on any atom is -0.486 e. The summed E-state index contributed by atoms with van der Waals surface area (Å²) in [5.74, 6) is 0.985. The number of urea groups is 1. The summed E-state index contributed by atoms with van der Waals surface area (Å²) in [4.78, 5) is 31.4. The van der Waals surface area contributed by atoms with Crippen molar-refractivity contribution < 1.29 is 19.1 Å². The molecule has 2 aromatic rings. The maximum Gasteiger partial charge on any atom is 0.322 e. The largest absolute Gasteiger partial charge is 0.486 e. The Balaban J connectivity index is 1.28. The third-order valence-electron chi connectivity index (χ3n) is 4.62. The fourth-order valence-corrected chi connectivity index (χ4v) is 3.84. The van der Waals surface area contributed by atoms with E-state index in [1.54, 1.807) is 4.90 Å². The normalized spacial score (nSPS) is 16.6. The summed E-state index contributed by atoms with van der Waals surface area (Å²) in [5.41, 5.74) is 6.34. The molecule has 3 N–H and O–H groups in total. The Bertz CT molecular complexity index is 879. The number of nitrogens with zero attached hydrogens (tertiary/aromatic N) is 3. The molecule has 2 aliphatic heterocycles. The number of hydrogen-bond acceptors (Lipinski definition) is 7. The van der Waals surface area contributed by atoms with Crippen molar-refractivity contribution in [3.8, 4) is 11.5 Å². The lowest BCUT2D eigenvalue weighted by Gasteiger charge is -2.34. The maximum absolute atomic E-state index is 12.4. The number of amides is 3. The van der Waals surface area contributed by atoms with Gasteiger partial charge in [-0.15, -0.1) is 0 Å². The van der Waals surface area contributed by atoms with Crippen molar-refractivity contribution in [2.75, 3.05) is 44.7 Å². The van der Waals surface area contributed by atoms with Crippen LogP contribution in [0.3, 0.4) is 0 Å². The summed E-state index contributed by atoms with van der Waals surface area (Å²) in [5, 5.41) is 3.46. The molecular formula is C18H21N5O4S.